The van der Waals surface area contributed by atoms with Gasteiger partial charge >= 0.3 is 5.97 Å². The highest BCUT2D eigenvalue weighted by atomic mass is 16.6. The van der Waals surface area contributed by atoms with Crippen molar-refractivity contribution in [2.75, 3.05) is 14.2 Å². The van der Waals surface area contributed by atoms with Crippen molar-refractivity contribution in [2.45, 2.75) is 32.1 Å². The van der Waals surface area contributed by atoms with Crippen LogP contribution in [0.15, 0.2) is 11.8 Å². The lowest BCUT2D eigenvalue weighted by Gasteiger charge is -2.29. The first-order valence-electron chi connectivity index (χ1n) is 5.49. The van der Waals surface area contributed by atoms with Gasteiger partial charge in [0.2, 0.25) is 5.76 Å². The number of allylic oxidation sites excluding steroid dienone is 1. The van der Waals surface area contributed by atoms with Crippen LogP contribution in [-0.4, -0.2) is 26.5 Å². The molecule has 4 nitrogen and oxygen atoms in total. The molecule has 0 radical (unpaired) electrons. The van der Waals surface area contributed by atoms with Gasteiger partial charge in [-0.05, 0) is 18.9 Å². The van der Waals surface area contributed by atoms with Crippen LogP contribution in [-0.2, 0) is 19.1 Å². The number of esters is 1. The lowest BCUT2D eigenvalue weighted by molar-refractivity contribution is -0.139. The summed E-state index contributed by atoms with van der Waals surface area (Å²) in [6.45, 7) is 0. The summed E-state index contributed by atoms with van der Waals surface area (Å²) >= 11 is 0. The number of aldehydes is 1. The first kappa shape index (κ1) is 12.7. The predicted molar refractivity (Wildman–Crippen MR) is 58.7 cm³/mol. The molecule has 0 atom stereocenters. The molecule has 1 fully saturated rings. The summed E-state index contributed by atoms with van der Waals surface area (Å²) in [5.41, 5.74) is -0.544. The van der Waals surface area contributed by atoms with E-state index in [4.69, 9.17) is 4.74 Å². The number of ether oxygens (including phenoxy) is 2. The van der Waals surface area contributed by atoms with E-state index in [-0.39, 0.29) is 5.76 Å². The van der Waals surface area contributed by atoms with Gasteiger partial charge in [0.15, 0.2) is 0 Å². The van der Waals surface area contributed by atoms with Crippen LogP contribution in [0.1, 0.15) is 32.1 Å². The van der Waals surface area contributed by atoms with Gasteiger partial charge in [-0.15, -0.1) is 0 Å². The summed E-state index contributed by atoms with van der Waals surface area (Å²) in [6, 6.07) is 0. The molecule has 0 heterocycles. The summed E-state index contributed by atoms with van der Waals surface area (Å²) in [7, 11) is 2.70. The summed E-state index contributed by atoms with van der Waals surface area (Å²) in [6.07, 6.45) is 7.25. The van der Waals surface area contributed by atoms with Crippen LogP contribution in [0.4, 0.5) is 0 Å². The normalized spacial score (nSPS) is 20.0. The van der Waals surface area contributed by atoms with Crippen molar-refractivity contribution >= 4 is 12.3 Å². The molecule has 0 aromatic heterocycles. The minimum absolute atomic E-state index is 0.122. The molecule has 90 valence electrons. The van der Waals surface area contributed by atoms with E-state index in [1.165, 1.54) is 14.2 Å². The van der Waals surface area contributed by atoms with Gasteiger partial charge < -0.3 is 14.3 Å². The molecule has 0 saturated heterocycles. The number of rotatable bonds is 4. The van der Waals surface area contributed by atoms with Crippen LogP contribution in [0.3, 0.4) is 0 Å². The summed E-state index contributed by atoms with van der Waals surface area (Å²) in [5, 5.41) is 0. The molecule has 0 unspecified atom stereocenters. The largest absolute Gasteiger partial charge is 0.490 e. The molecular formula is C12H18O4. The molecule has 0 bridgehead atoms. The van der Waals surface area contributed by atoms with Crippen molar-refractivity contribution in [1.29, 1.82) is 0 Å². The van der Waals surface area contributed by atoms with E-state index < -0.39 is 11.4 Å². The Kier molecular flexibility index (Phi) is 4.52. The molecule has 16 heavy (non-hydrogen) atoms. The maximum atomic E-state index is 11.3. The highest BCUT2D eigenvalue weighted by Gasteiger charge is 2.31. The Bertz CT molecular complexity index is 287. The third-order valence-corrected chi connectivity index (χ3v) is 3.04. The standard InChI is InChI=1S/C12H18O4/c1-15-10(11(14)16-2)8-12(9-13)6-4-3-5-7-12/h8-9H,3-7H2,1-2H3/b10-8-. The highest BCUT2D eigenvalue weighted by Crippen LogP contribution is 2.36. The number of hydrogen-bond donors (Lipinski definition) is 0. The van der Waals surface area contributed by atoms with Crippen molar-refractivity contribution in [2.24, 2.45) is 5.41 Å². The topological polar surface area (TPSA) is 52.6 Å². The van der Waals surface area contributed by atoms with Crippen LogP contribution in [0.2, 0.25) is 0 Å². The molecule has 1 aliphatic carbocycles. The second kappa shape index (κ2) is 5.68. The Morgan fingerprint density at radius 2 is 1.75 bits per heavy atom. The molecular weight excluding hydrogens is 208 g/mol. The molecule has 0 aromatic carbocycles. The van der Waals surface area contributed by atoms with Gasteiger partial charge in [-0.2, -0.15) is 0 Å². The quantitative estimate of drug-likeness (QED) is 0.317. The van der Waals surface area contributed by atoms with Crippen LogP contribution in [0.5, 0.6) is 0 Å². The van der Waals surface area contributed by atoms with Gasteiger partial charge in [0.05, 0.1) is 14.2 Å². The Hall–Kier alpha value is -1.32. The molecule has 1 rings (SSSR count). The number of methoxy groups -OCH3 is 2. The van der Waals surface area contributed by atoms with Crippen LogP contribution >= 0.6 is 0 Å². The highest BCUT2D eigenvalue weighted by molar-refractivity contribution is 5.87. The van der Waals surface area contributed by atoms with Crippen molar-refractivity contribution in [3.05, 3.63) is 11.8 Å². The molecule has 0 aromatic rings. The Labute approximate surface area is 95.6 Å². The van der Waals surface area contributed by atoms with E-state index in [1.54, 1.807) is 6.08 Å². The van der Waals surface area contributed by atoms with Gasteiger partial charge in [0, 0.05) is 5.41 Å². The van der Waals surface area contributed by atoms with Gasteiger partial charge in [0.25, 0.3) is 0 Å². The number of hydrogen-bond acceptors (Lipinski definition) is 4. The third kappa shape index (κ3) is 2.84. The maximum Gasteiger partial charge on any atom is 0.372 e. The van der Waals surface area contributed by atoms with Crippen molar-refractivity contribution in [3.63, 3.8) is 0 Å². The van der Waals surface area contributed by atoms with Crippen molar-refractivity contribution in [1.82, 2.24) is 0 Å². The second-order valence-electron chi connectivity index (χ2n) is 4.12. The SMILES string of the molecule is COC(=O)/C(=C/C1(C=O)CCCCC1)OC. The zero-order chi connectivity index (χ0) is 12.0. The first-order valence-corrected chi connectivity index (χ1v) is 5.49. The minimum Gasteiger partial charge on any atom is -0.490 e. The zero-order valence-corrected chi connectivity index (χ0v) is 9.82. The average molecular weight is 226 g/mol. The molecule has 4 heteroatoms. The van der Waals surface area contributed by atoms with Gasteiger partial charge in [-0.25, -0.2) is 4.79 Å². The Morgan fingerprint density at radius 1 is 1.12 bits per heavy atom. The molecule has 0 aliphatic heterocycles. The van der Waals surface area contributed by atoms with E-state index in [2.05, 4.69) is 4.74 Å². The van der Waals surface area contributed by atoms with Crippen molar-refractivity contribution < 1.29 is 19.1 Å². The zero-order valence-electron chi connectivity index (χ0n) is 9.82. The Morgan fingerprint density at radius 3 is 2.19 bits per heavy atom. The second-order valence-corrected chi connectivity index (χ2v) is 4.12. The maximum absolute atomic E-state index is 11.3. The lowest BCUT2D eigenvalue weighted by atomic mass is 9.75. The van der Waals surface area contributed by atoms with Gasteiger partial charge in [0.1, 0.15) is 6.29 Å². The van der Waals surface area contributed by atoms with E-state index in [9.17, 15) is 9.59 Å². The summed E-state index contributed by atoms with van der Waals surface area (Å²) < 4.78 is 9.55. The Balaban J connectivity index is 2.90. The van der Waals surface area contributed by atoms with Crippen LogP contribution < -0.4 is 0 Å². The van der Waals surface area contributed by atoms with Crippen molar-refractivity contribution in [3.8, 4) is 0 Å². The molecule has 0 amide bonds. The fraction of sp³-hybridized carbons (Fsp3) is 0.667. The van der Waals surface area contributed by atoms with Gasteiger partial charge in [-0.3, -0.25) is 0 Å². The fourth-order valence-electron chi connectivity index (χ4n) is 2.07. The van der Waals surface area contributed by atoms with Gasteiger partial charge in [-0.1, -0.05) is 19.3 Å². The fourth-order valence-corrected chi connectivity index (χ4v) is 2.07. The predicted octanol–water partition coefficient (Wildman–Crippen LogP) is 1.84. The van der Waals surface area contributed by atoms with E-state index in [0.717, 1.165) is 38.4 Å². The van der Waals surface area contributed by atoms with E-state index >= 15 is 0 Å². The smallest absolute Gasteiger partial charge is 0.372 e. The van der Waals surface area contributed by atoms with Crippen LogP contribution in [0, 0.1) is 5.41 Å². The number of carbonyl (C=O) groups is 2. The average Bonchev–Trinajstić information content (AvgIpc) is 2.36. The van der Waals surface area contributed by atoms with Crippen LogP contribution in [0.25, 0.3) is 0 Å². The third-order valence-electron chi connectivity index (χ3n) is 3.04. The molecule has 0 spiro atoms. The summed E-state index contributed by atoms with van der Waals surface area (Å²) in [5.74, 6) is -0.411. The lowest BCUT2D eigenvalue weighted by Crippen LogP contribution is -2.25. The number of carbonyl (C=O) groups excluding carboxylic acids is 2. The molecule has 1 saturated carbocycles. The molecule has 0 N–H and O–H groups in total. The first-order chi connectivity index (χ1) is 7.67. The minimum atomic E-state index is -0.544. The summed E-state index contributed by atoms with van der Waals surface area (Å²) in [4.78, 5) is 22.5. The molecule has 1 aliphatic rings. The van der Waals surface area contributed by atoms with E-state index in [1.807, 2.05) is 0 Å². The van der Waals surface area contributed by atoms with E-state index in [0.29, 0.717) is 0 Å². The monoisotopic (exact) mass is 226 g/mol.